The van der Waals surface area contributed by atoms with Gasteiger partial charge in [0.05, 0.1) is 12.9 Å². The fourth-order valence-corrected chi connectivity index (χ4v) is 4.39. The summed E-state index contributed by atoms with van der Waals surface area (Å²) >= 11 is 7.85. The second-order valence-electron chi connectivity index (χ2n) is 5.32. The van der Waals surface area contributed by atoms with E-state index < -0.39 is 0 Å². The highest BCUT2D eigenvalue weighted by atomic mass is 32.2. The summed E-state index contributed by atoms with van der Waals surface area (Å²) in [7, 11) is 2.96. The van der Waals surface area contributed by atoms with Gasteiger partial charge >= 0.3 is 5.97 Å². The molecule has 0 atom stereocenters. The van der Waals surface area contributed by atoms with Crippen molar-refractivity contribution in [2.24, 2.45) is 7.05 Å². The van der Waals surface area contributed by atoms with Crippen molar-refractivity contribution in [2.45, 2.75) is 12.1 Å². The van der Waals surface area contributed by atoms with E-state index in [1.165, 1.54) is 23.0 Å². The molecule has 25 heavy (non-hydrogen) atoms. The van der Waals surface area contributed by atoms with Crippen molar-refractivity contribution in [3.63, 3.8) is 0 Å². The molecule has 9 heteroatoms. The van der Waals surface area contributed by atoms with Gasteiger partial charge < -0.3 is 4.74 Å². The first-order valence-corrected chi connectivity index (χ1v) is 9.52. The van der Waals surface area contributed by atoms with Crippen LogP contribution in [0.1, 0.15) is 5.56 Å². The van der Waals surface area contributed by atoms with Crippen LogP contribution in [-0.2, 0) is 16.6 Å². The molecule has 2 aromatic heterocycles. The first kappa shape index (κ1) is 17.8. The molecule has 1 aromatic carbocycles. The number of methoxy groups -OCH3 is 1. The van der Waals surface area contributed by atoms with Crippen molar-refractivity contribution in [3.8, 4) is 5.69 Å². The third-order valence-electron chi connectivity index (χ3n) is 3.61. The van der Waals surface area contributed by atoms with Gasteiger partial charge in [0.1, 0.15) is 4.70 Å². The van der Waals surface area contributed by atoms with Gasteiger partial charge in [0.15, 0.2) is 14.8 Å². The van der Waals surface area contributed by atoms with Crippen LogP contribution in [0.25, 0.3) is 16.0 Å². The minimum atomic E-state index is -0.375. The number of benzene rings is 1. The average Bonchev–Trinajstić information content (AvgIpc) is 2.93. The second kappa shape index (κ2) is 7.11. The Kier molecular flexibility index (Phi) is 5.07. The van der Waals surface area contributed by atoms with Crippen molar-refractivity contribution in [1.82, 2.24) is 14.1 Å². The van der Waals surface area contributed by atoms with Gasteiger partial charge in [-0.2, -0.15) is 0 Å². The summed E-state index contributed by atoms with van der Waals surface area (Å²) in [5.41, 5.74) is 2.31. The van der Waals surface area contributed by atoms with Crippen LogP contribution in [-0.4, -0.2) is 33.0 Å². The lowest BCUT2D eigenvalue weighted by Gasteiger charge is -2.08. The van der Waals surface area contributed by atoms with Gasteiger partial charge in [0, 0.05) is 12.7 Å². The Morgan fingerprint density at radius 3 is 2.68 bits per heavy atom. The fraction of sp³-hybridized carbons (Fsp3) is 0.250. The molecule has 0 N–H and O–H groups in total. The molecule has 0 fully saturated rings. The molecule has 130 valence electrons. The van der Waals surface area contributed by atoms with E-state index in [1.54, 1.807) is 11.6 Å². The minimum absolute atomic E-state index is 0.0810. The van der Waals surface area contributed by atoms with Gasteiger partial charge in [0.25, 0.3) is 5.56 Å². The molecule has 0 aliphatic rings. The van der Waals surface area contributed by atoms with Crippen LogP contribution >= 0.6 is 35.3 Å². The number of hydrogen-bond donors (Lipinski definition) is 0. The largest absolute Gasteiger partial charge is 0.468 e. The van der Waals surface area contributed by atoms with Gasteiger partial charge in [-0.3, -0.25) is 18.7 Å². The van der Waals surface area contributed by atoms with Crippen LogP contribution in [0, 0.1) is 10.9 Å². The minimum Gasteiger partial charge on any atom is -0.468 e. The smallest absolute Gasteiger partial charge is 0.316 e. The zero-order valence-corrected chi connectivity index (χ0v) is 16.3. The number of rotatable bonds is 4. The highest BCUT2D eigenvalue weighted by Crippen LogP contribution is 2.25. The summed E-state index contributed by atoms with van der Waals surface area (Å²) in [6, 6.07) is 7.85. The first-order valence-electron chi connectivity index (χ1n) is 7.31. The van der Waals surface area contributed by atoms with Crippen LogP contribution in [0.3, 0.4) is 0 Å². The van der Waals surface area contributed by atoms with E-state index >= 15 is 0 Å². The van der Waals surface area contributed by atoms with Crippen molar-refractivity contribution < 1.29 is 9.53 Å². The van der Waals surface area contributed by atoms with Crippen LogP contribution in [0.15, 0.2) is 34.2 Å². The number of thiazole rings is 1. The van der Waals surface area contributed by atoms with Crippen molar-refractivity contribution in [2.75, 3.05) is 12.9 Å². The summed E-state index contributed by atoms with van der Waals surface area (Å²) in [6.07, 6.45) is 0. The molecule has 6 nitrogen and oxygen atoms in total. The molecular formula is C16H15N3O3S3. The molecule has 2 heterocycles. The second-order valence-corrected chi connectivity index (χ2v) is 7.90. The van der Waals surface area contributed by atoms with E-state index in [9.17, 15) is 9.59 Å². The zero-order chi connectivity index (χ0) is 18.1. The Hall–Kier alpha value is -1.97. The molecule has 0 aliphatic carbocycles. The van der Waals surface area contributed by atoms with Crippen LogP contribution in [0.5, 0.6) is 0 Å². The van der Waals surface area contributed by atoms with Gasteiger partial charge in [-0.25, -0.2) is 4.98 Å². The number of fused-ring (bicyclic) bond motifs is 1. The first-order chi connectivity index (χ1) is 11.9. The summed E-state index contributed by atoms with van der Waals surface area (Å²) < 4.78 is 8.91. The van der Waals surface area contributed by atoms with Gasteiger partial charge in [-0.05, 0) is 31.3 Å². The standard InChI is InChI=1S/C16H15N3O3S3/c1-9-4-6-10(7-5-9)19-13-12(25-16(19)23)14(21)18(2)15(17-13)24-8-11(20)22-3/h4-7H,8H2,1-3H3. The number of carbonyl (C=O) groups excluding carboxylic acids is 1. The Morgan fingerprint density at radius 2 is 2.04 bits per heavy atom. The molecule has 3 rings (SSSR count). The highest BCUT2D eigenvalue weighted by Gasteiger charge is 2.17. The number of aromatic nitrogens is 3. The van der Waals surface area contributed by atoms with E-state index in [1.807, 2.05) is 31.2 Å². The van der Waals surface area contributed by atoms with Crippen LogP contribution in [0.2, 0.25) is 0 Å². The Bertz CT molecular complexity index is 1060. The summed E-state index contributed by atoms with van der Waals surface area (Å²) in [5.74, 6) is -0.294. The lowest BCUT2D eigenvalue weighted by Crippen LogP contribution is -2.20. The van der Waals surface area contributed by atoms with Crippen LogP contribution in [0.4, 0.5) is 0 Å². The maximum absolute atomic E-state index is 12.7. The summed E-state index contributed by atoms with van der Waals surface area (Å²) in [6.45, 7) is 2.00. The number of aryl methyl sites for hydroxylation is 1. The molecule has 0 unspecified atom stereocenters. The van der Waals surface area contributed by atoms with Crippen LogP contribution < -0.4 is 5.56 Å². The number of esters is 1. The van der Waals surface area contributed by atoms with E-state index in [2.05, 4.69) is 9.72 Å². The van der Waals surface area contributed by atoms with Crippen molar-refractivity contribution in [3.05, 3.63) is 44.1 Å². The molecule has 0 saturated carbocycles. The topological polar surface area (TPSA) is 66.1 Å². The number of nitrogens with zero attached hydrogens (tertiary/aromatic N) is 3. The number of carbonyl (C=O) groups is 1. The third kappa shape index (κ3) is 3.39. The summed E-state index contributed by atoms with van der Waals surface area (Å²) in [5, 5.41) is 0.441. The van der Waals surface area contributed by atoms with E-state index in [-0.39, 0.29) is 17.3 Å². The Morgan fingerprint density at radius 1 is 1.36 bits per heavy atom. The molecule has 0 spiro atoms. The number of thioether (sulfide) groups is 1. The predicted octanol–water partition coefficient (Wildman–Crippen LogP) is 3.09. The predicted molar refractivity (Wildman–Crippen MR) is 102 cm³/mol. The monoisotopic (exact) mass is 393 g/mol. The Labute approximate surface area is 157 Å². The molecule has 0 radical (unpaired) electrons. The fourth-order valence-electron chi connectivity index (χ4n) is 2.24. The quantitative estimate of drug-likeness (QED) is 0.294. The number of ether oxygens (including phenoxy) is 1. The van der Waals surface area contributed by atoms with E-state index in [0.717, 1.165) is 23.0 Å². The molecule has 0 bridgehead atoms. The van der Waals surface area contributed by atoms with Gasteiger partial charge in [0.2, 0.25) is 0 Å². The highest BCUT2D eigenvalue weighted by molar-refractivity contribution is 7.99. The average molecular weight is 394 g/mol. The van der Waals surface area contributed by atoms with Gasteiger partial charge in [-0.1, -0.05) is 40.8 Å². The molecule has 0 aliphatic heterocycles. The lowest BCUT2D eigenvalue weighted by atomic mass is 10.2. The molecule has 0 amide bonds. The SMILES string of the molecule is COC(=O)CSc1nc2c(sc(=S)n2-c2ccc(C)cc2)c(=O)n1C. The molecule has 3 aromatic rings. The molecular weight excluding hydrogens is 378 g/mol. The third-order valence-corrected chi connectivity index (χ3v) is 5.97. The van der Waals surface area contributed by atoms with E-state index in [0.29, 0.717) is 19.5 Å². The normalized spacial score (nSPS) is 11.0. The van der Waals surface area contributed by atoms with Crippen molar-refractivity contribution >= 4 is 51.6 Å². The van der Waals surface area contributed by atoms with Crippen molar-refractivity contribution in [1.29, 1.82) is 0 Å². The molecule has 0 saturated heterocycles. The number of hydrogen-bond acceptors (Lipinski definition) is 7. The maximum atomic E-state index is 12.7. The van der Waals surface area contributed by atoms with E-state index in [4.69, 9.17) is 12.2 Å². The van der Waals surface area contributed by atoms with Gasteiger partial charge in [-0.15, -0.1) is 0 Å². The lowest BCUT2D eigenvalue weighted by molar-refractivity contribution is -0.137. The maximum Gasteiger partial charge on any atom is 0.316 e. The summed E-state index contributed by atoms with van der Waals surface area (Å²) in [4.78, 5) is 28.6. The zero-order valence-electron chi connectivity index (χ0n) is 13.8. The Balaban J connectivity index is 2.19.